The number of unbranched alkanes of at least 4 members (excludes halogenated alkanes) is 2. The van der Waals surface area contributed by atoms with Crippen LogP contribution < -0.4 is 10.5 Å². The van der Waals surface area contributed by atoms with Crippen LogP contribution >= 0.6 is 0 Å². The first-order chi connectivity index (χ1) is 9.11. The molecule has 106 valence electrons. The fourth-order valence-corrected chi connectivity index (χ4v) is 1.85. The van der Waals surface area contributed by atoms with Crippen molar-refractivity contribution in [3.63, 3.8) is 0 Å². The number of benzene rings is 1. The van der Waals surface area contributed by atoms with Gasteiger partial charge in [0, 0.05) is 20.2 Å². The summed E-state index contributed by atoms with van der Waals surface area (Å²) in [4.78, 5) is 13.9. The summed E-state index contributed by atoms with van der Waals surface area (Å²) >= 11 is 0. The molecule has 0 spiro atoms. The Morgan fingerprint density at radius 1 is 1.37 bits per heavy atom. The van der Waals surface area contributed by atoms with Gasteiger partial charge in [0.05, 0.1) is 18.4 Å². The second-order valence-electron chi connectivity index (χ2n) is 4.43. The summed E-state index contributed by atoms with van der Waals surface area (Å²) in [7, 11) is 3.28. The molecule has 0 aliphatic heterocycles. The SMILES string of the molecule is COc1cccc(C(=O)N(C)CCCCCO)c1N. The Hall–Kier alpha value is -1.75. The number of amides is 1. The lowest BCUT2D eigenvalue weighted by Crippen LogP contribution is -2.28. The first-order valence-corrected chi connectivity index (χ1v) is 6.40. The first-order valence-electron chi connectivity index (χ1n) is 6.40. The third-order valence-electron chi connectivity index (χ3n) is 3.01. The van der Waals surface area contributed by atoms with Gasteiger partial charge in [0.25, 0.3) is 5.91 Å². The van der Waals surface area contributed by atoms with Gasteiger partial charge < -0.3 is 20.5 Å². The Morgan fingerprint density at radius 2 is 2.11 bits per heavy atom. The molecule has 3 N–H and O–H groups in total. The van der Waals surface area contributed by atoms with Crippen molar-refractivity contribution >= 4 is 11.6 Å². The fourth-order valence-electron chi connectivity index (χ4n) is 1.85. The highest BCUT2D eigenvalue weighted by molar-refractivity contribution is 6.00. The number of hydrogen-bond donors (Lipinski definition) is 2. The number of hydrogen-bond acceptors (Lipinski definition) is 4. The van der Waals surface area contributed by atoms with E-state index in [1.807, 2.05) is 0 Å². The molecule has 0 radical (unpaired) electrons. The van der Waals surface area contributed by atoms with Crippen LogP contribution in [0.3, 0.4) is 0 Å². The number of anilines is 1. The van der Waals surface area contributed by atoms with Gasteiger partial charge in [-0.05, 0) is 31.4 Å². The molecule has 0 aliphatic carbocycles. The number of carbonyl (C=O) groups excluding carboxylic acids is 1. The Bertz CT molecular complexity index is 421. The van der Waals surface area contributed by atoms with E-state index in [1.54, 1.807) is 30.1 Å². The van der Waals surface area contributed by atoms with Crippen LogP contribution in [-0.4, -0.2) is 43.2 Å². The summed E-state index contributed by atoms with van der Waals surface area (Å²) in [5.41, 5.74) is 6.74. The van der Waals surface area contributed by atoms with Crippen LogP contribution in [0.2, 0.25) is 0 Å². The molecule has 0 fully saturated rings. The third-order valence-corrected chi connectivity index (χ3v) is 3.01. The van der Waals surface area contributed by atoms with Gasteiger partial charge in [-0.1, -0.05) is 6.07 Å². The van der Waals surface area contributed by atoms with Crippen LogP contribution in [0.4, 0.5) is 5.69 Å². The maximum atomic E-state index is 12.2. The Kier molecular flexibility index (Phi) is 6.15. The van der Waals surface area contributed by atoms with Crippen molar-refractivity contribution in [1.82, 2.24) is 4.90 Å². The lowest BCUT2D eigenvalue weighted by Gasteiger charge is -2.18. The lowest BCUT2D eigenvalue weighted by molar-refractivity contribution is 0.0793. The molecule has 1 aromatic carbocycles. The minimum absolute atomic E-state index is 0.111. The van der Waals surface area contributed by atoms with Gasteiger partial charge in [0.2, 0.25) is 0 Å². The number of para-hydroxylation sites is 1. The highest BCUT2D eigenvalue weighted by atomic mass is 16.5. The van der Waals surface area contributed by atoms with Crippen molar-refractivity contribution in [2.75, 3.05) is 33.0 Å². The van der Waals surface area contributed by atoms with Crippen molar-refractivity contribution in [3.8, 4) is 5.75 Å². The summed E-state index contributed by atoms with van der Waals surface area (Å²) in [6.45, 7) is 0.843. The summed E-state index contributed by atoms with van der Waals surface area (Å²) in [5.74, 6) is 0.403. The average molecular weight is 266 g/mol. The van der Waals surface area contributed by atoms with Gasteiger partial charge in [-0.15, -0.1) is 0 Å². The van der Waals surface area contributed by atoms with Crippen molar-refractivity contribution in [2.24, 2.45) is 0 Å². The smallest absolute Gasteiger partial charge is 0.255 e. The van der Waals surface area contributed by atoms with Crippen LogP contribution in [0.5, 0.6) is 5.75 Å². The number of aliphatic hydroxyl groups excluding tert-OH is 1. The molecule has 0 saturated heterocycles. The second kappa shape index (κ2) is 7.63. The lowest BCUT2D eigenvalue weighted by atomic mass is 10.1. The summed E-state index contributed by atoms with van der Waals surface area (Å²) < 4.78 is 5.11. The van der Waals surface area contributed by atoms with Gasteiger partial charge in [-0.25, -0.2) is 0 Å². The van der Waals surface area contributed by atoms with Gasteiger partial charge in [-0.2, -0.15) is 0 Å². The summed E-state index contributed by atoms with van der Waals surface area (Å²) in [5, 5.41) is 8.70. The number of methoxy groups -OCH3 is 1. The van der Waals surface area contributed by atoms with Crippen LogP contribution in [0.25, 0.3) is 0 Å². The van der Waals surface area contributed by atoms with Crippen LogP contribution in [0, 0.1) is 0 Å². The van der Waals surface area contributed by atoms with E-state index in [4.69, 9.17) is 15.6 Å². The molecule has 0 saturated carbocycles. The Balaban J connectivity index is 2.66. The van der Waals surface area contributed by atoms with Gasteiger partial charge in [-0.3, -0.25) is 4.79 Å². The van der Waals surface area contributed by atoms with E-state index in [0.29, 0.717) is 23.5 Å². The summed E-state index contributed by atoms with van der Waals surface area (Å²) in [6, 6.07) is 5.18. The minimum atomic E-state index is -0.111. The number of ether oxygens (including phenoxy) is 1. The quantitative estimate of drug-likeness (QED) is 0.579. The number of nitrogens with two attached hydrogens (primary N) is 1. The fraction of sp³-hybridized carbons (Fsp3) is 0.500. The predicted octanol–water partition coefficient (Wildman–Crippen LogP) is 1.51. The van der Waals surface area contributed by atoms with E-state index in [0.717, 1.165) is 19.3 Å². The number of nitrogen functional groups attached to an aromatic ring is 1. The molecule has 5 heteroatoms. The standard InChI is InChI=1S/C14H22N2O3/c1-16(9-4-3-5-10-17)14(18)11-7-6-8-12(19-2)13(11)15/h6-8,17H,3-5,9-10,15H2,1-2H3. The number of rotatable bonds is 7. The normalized spacial score (nSPS) is 10.3. The molecule has 0 bridgehead atoms. The molecule has 19 heavy (non-hydrogen) atoms. The Labute approximate surface area is 114 Å². The van der Waals surface area contributed by atoms with Crippen LogP contribution in [-0.2, 0) is 0 Å². The summed E-state index contributed by atoms with van der Waals surface area (Å²) in [6.07, 6.45) is 2.54. The van der Waals surface area contributed by atoms with Crippen LogP contribution in [0.15, 0.2) is 18.2 Å². The van der Waals surface area contributed by atoms with Crippen molar-refractivity contribution in [1.29, 1.82) is 0 Å². The number of carbonyl (C=O) groups is 1. The topological polar surface area (TPSA) is 75.8 Å². The zero-order chi connectivity index (χ0) is 14.3. The third kappa shape index (κ3) is 4.13. The monoisotopic (exact) mass is 266 g/mol. The second-order valence-corrected chi connectivity index (χ2v) is 4.43. The molecule has 5 nitrogen and oxygen atoms in total. The van der Waals surface area contributed by atoms with Crippen LogP contribution in [0.1, 0.15) is 29.6 Å². The molecule has 0 aliphatic rings. The van der Waals surface area contributed by atoms with E-state index >= 15 is 0 Å². The number of nitrogens with zero attached hydrogens (tertiary/aromatic N) is 1. The van der Waals surface area contributed by atoms with Crippen molar-refractivity contribution in [3.05, 3.63) is 23.8 Å². The van der Waals surface area contributed by atoms with Crippen molar-refractivity contribution < 1.29 is 14.6 Å². The average Bonchev–Trinajstić information content (AvgIpc) is 2.43. The van der Waals surface area contributed by atoms with Gasteiger partial charge >= 0.3 is 0 Å². The number of aliphatic hydroxyl groups is 1. The maximum Gasteiger partial charge on any atom is 0.255 e. The molecule has 1 aromatic rings. The zero-order valence-electron chi connectivity index (χ0n) is 11.6. The highest BCUT2D eigenvalue weighted by Crippen LogP contribution is 2.25. The van der Waals surface area contributed by atoms with Gasteiger partial charge in [0.15, 0.2) is 0 Å². The molecule has 1 rings (SSSR count). The maximum absolute atomic E-state index is 12.2. The van der Waals surface area contributed by atoms with Crippen molar-refractivity contribution in [2.45, 2.75) is 19.3 Å². The first kappa shape index (κ1) is 15.3. The van der Waals surface area contributed by atoms with E-state index in [9.17, 15) is 4.79 Å². The molecule has 0 unspecified atom stereocenters. The molecule has 0 aromatic heterocycles. The molecule has 1 amide bonds. The minimum Gasteiger partial charge on any atom is -0.495 e. The largest absolute Gasteiger partial charge is 0.495 e. The Morgan fingerprint density at radius 3 is 2.74 bits per heavy atom. The molecule has 0 heterocycles. The van der Waals surface area contributed by atoms with E-state index < -0.39 is 0 Å². The molecular weight excluding hydrogens is 244 g/mol. The van der Waals surface area contributed by atoms with Gasteiger partial charge in [0.1, 0.15) is 5.75 Å². The van der Waals surface area contributed by atoms with E-state index in [1.165, 1.54) is 7.11 Å². The highest BCUT2D eigenvalue weighted by Gasteiger charge is 2.16. The molecule has 0 atom stereocenters. The van der Waals surface area contributed by atoms with E-state index in [2.05, 4.69) is 0 Å². The van der Waals surface area contributed by atoms with E-state index in [-0.39, 0.29) is 12.5 Å². The zero-order valence-corrected chi connectivity index (χ0v) is 11.6. The molecular formula is C14H22N2O3. The predicted molar refractivity (Wildman–Crippen MR) is 75.3 cm³/mol.